The molecule has 3 aliphatic rings. The maximum atomic E-state index is 12.3. The van der Waals surface area contributed by atoms with E-state index in [4.69, 9.17) is 0 Å². The Hall–Kier alpha value is -1.30. The van der Waals surface area contributed by atoms with Gasteiger partial charge in [0.15, 0.2) is 5.96 Å². The van der Waals surface area contributed by atoms with Crippen molar-refractivity contribution in [2.75, 3.05) is 46.3 Å². The van der Waals surface area contributed by atoms with Crippen molar-refractivity contribution in [3.05, 3.63) is 0 Å². The fourth-order valence-electron chi connectivity index (χ4n) is 4.07. The maximum Gasteiger partial charge on any atom is 0.225 e. The Morgan fingerprint density at radius 3 is 2.32 bits per heavy atom. The van der Waals surface area contributed by atoms with Crippen LogP contribution in [0, 0.1) is 5.92 Å². The van der Waals surface area contributed by atoms with Crippen LogP contribution in [0.2, 0.25) is 0 Å². The van der Waals surface area contributed by atoms with Gasteiger partial charge in [0, 0.05) is 58.3 Å². The summed E-state index contributed by atoms with van der Waals surface area (Å²) < 4.78 is 0. The molecule has 0 bridgehead atoms. The van der Waals surface area contributed by atoms with Crippen LogP contribution < -0.4 is 10.6 Å². The van der Waals surface area contributed by atoms with Gasteiger partial charge in [-0.1, -0.05) is 25.7 Å². The highest BCUT2D eigenvalue weighted by Crippen LogP contribution is 2.28. The van der Waals surface area contributed by atoms with Crippen molar-refractivity contribution in [1.82, 2.24) is 20.4 Å². The number of guanidine groups is 1. The summed E-state index contributed by atoms with van der Waals surface area (Å²) in [6.45, 7) is 5.69. The van der Waals surface area contributed by atoms with Gasteiger partial charge in [-0.2, -0.15) is 0 Å². The minimum absolute atomic E-state index is 0.336. The van der Waals surface area contributed by atoms with Crippen LogP contribution >= 0.6 is 0 Å². The van der Waals surface area contributed by atoms with Crippen LogP contribution in [-0.2, 0) is 4.79 Å². The van der Waals surface area contributed by atoms with Crippen molar-refractivity contribution in [2.24, 2.45) is 10.9 Å². The highest BCUT2D eigenvalue weighted by Gasteiger charge is 2.31. The summed E-state index contributed by atoms with van der Waals surface area (Å²) in [5.74, 6) is 1.68. The molecule has 0 aromatic heterocycles. The number of carbonyl (C=O) groups is 1. The molecule has 1 saturated heterocycles. The first-order valence-electron chi connectivity index (χ1n) is 10.2. The van der Waals surface area contributed by atoms with Crippen LogP contribution in [0.1, 0.15) is 51.4 Å². The van der Waals surface area contributed by atoms with Crippen molar-refractivity contribution in [3.8, 4) is 0 Å². The van der Waals surface area contributed by atoms with Gasteiger partial charge in [-0.05, 0) is 25.7 Å². The Bertz CT molecular complexity index is 449. The zero-order chi connectivity index (χ0) is 17.5. The predicted molar refractivity (Wildman–Crippen MR) is 102 cm³/mol. The molecule has 0 radical (unpaired) electrons. The van der Waals surface area contributed by atoms with Gasteiger partial charge in [0.1, 0.15) is 0 Å². The zero-order valence-corrected chi connectivity index (χ0v) is 15.8. The molecule has 6 nitrogen and oxygen atoms in total. The van der Waals surface area contributed by atoms with E-state index in [2.05, 4.69) is 25.4 Å². The summed E-state index contributed by atoms with van der Waals surface area (Å²) in [5, 5.41) is 7.01. The van der Waals surface area contributed by atoms with Crippen LogP contribution in [-0.4, -0.2) is 74.0 Å². The van der Waals surface area contributed by atoms with E-state index in [9.17, 15) is 4.79 Å². The minimum Gasteiger partial charge on any atom is -0.355 e. The molecule has 3 fully saturated rings. The predicted octanol–water partition coefficient (Wildman–Crippen LogP) is 1.43. The fraction of sp³-hybridized carbons (Fsp3) is 0.895. The second kappa shape index (κ2) is 9.41. The van der Waals surface area contributed by atoms with E-state index in [1.165, 1.54) is 38.5 Å². The molecular formula is C19H35N5O. The normalized spacial score (nSPS) is 24.0. The van der Waals surface area contributed by atoms with Gasteiger partial charge >= 0.3 is 0 Å². The van der Waals surface area contributed by atoms with Gasteiger partial charge in [0.25, 0.3) is 0 Å². The van der Waals surface area contributed by atoms with Crippen molar-refractivity contribution in [3.63, 3.8) is 0 Å². The molecular weight excluding hydrogens is 314 g/mol. The average molecular weight is 350 g/mol. The van der Waals surface area contributed by atoms with E-state index in [1.54, 1.807) is 0 Å². The Labute approximate surface area is 152 Å². The number of hydrogen-bond donors (Lipinski definition) is 2. The fourth-order valence-corrected chi connectivity index (χ4v) is 4.07. The molecule has 142 valence electrons. The first-order chi connectivity index (χ1) is 12.3. The van der Waals surface area contributed by atoms with E-state index in [0.717, 1.165) is 58.1 Å². The monoisotopic (exact) mass is 349 g/mol. The van der Waals surface area contributed by atoms with E-state index in [-0.39, 0.29) is 0 Å². The van der Waals surface area contributed by atoms with E-state index >= 15 is 0 Å². The Kier molecular flexibility index (Phi) is 6.96. The standard InChI is InChI=1S/C19H35N5O/c1-20-19(22-17-8-3-2-4-9-17)21-10-11-23-12-14-24(15-13-23)18(25)16-6-5-7-16/h16-17H,2-15H2,1H3,(H2,20,21,22). The van der Waals surface area contributed by atoms with Gasteiger partial charge in [0.05, 0.1) is 0 Å². The topological polar surface area (TPSA) is 60.0 Å². The van der Waals surface area contributed by atoms with Crippen LogP contribution in [0.5, 0.6) is 0 Å². The lowest BCUT2D eigenvalue weighted by Gasteiger charge is -2.38. The molecule has 2 N–H and O–H groups in total. The molecule has 1 aliphatic heterocycles. The molecule has 2 saturated carbocycles. The number of amides is 1. The summed E-state index contributed by atoms with van der Waals surface area (Å²) in [6, 6.07) is 0.584. The molecule has 0 unspecified atom stereocenters. The largest absolute Gasteiger partial charge is 0.355 e. The molecule has 0 atom stereocenters. The zero-order valence-electron chi connectivity index (χ0n) is 15.8. The molecule has 25 heavy (non-hydrogen) atoms. The van der Waals surface area contributed by atoms with Gasteiger partial charge in [-0.3, -0.25) is 14.7 Å². The molecule has 2 aliphatic carbocycles. The van der Waals surface area contributed by atoms with E-state index in [1.807, 2.05) is 7.05 Å². The van der Waals surface area contributed by atoms with Crippen molar-refractivity contribution in [1.29, 1.82) is 0 Å². The number of nitrogens with zero attached hydrogens (tertiary/aromatic N) is 3. The van der Waals surface area contributed by atoms with Gasteiger partial charge in [-0.15, -0.1) is 0 Å². The molecule has 0 aromatic carbocycles. The van der Waals surface area contributed by atoms with Gasteiger partial charge in [-0.25, -0.2) is 0 Å². The van der Waals surface area contributed by atoms with Crippen molar-refractivity contribution < 1.29 is 4.79 Å². The lowest BCUT2D eigenvalue weighted by Crippen LogP contribution is -2.53. The second-order valence-electron chi connectivity index (χ2n) is 7.77. The molecule has 0 spiro atoms. The third-order valence-corrected chi connectivity index (χ3v) is 6.03. The van der Waals surface area contributed by atoms with Gasteiger partial charge < -0.3 is 15.5 Å². The van der Waals surface area contributed by atoms with Crippen molar-refractivity contribution in [2.45, 2.75) is 57.4 Å². The lowest BCUT2D eigenvalue weighted by atomic mass is 9.84. The quantitative estimate of drug-likeness (QED) is 0.582. The summed E-state index contributed by atoms with van der Waals surface area (Å²) in [5.41, 5.74) is 0. The Balaban J connectivity index is 1.30. The number of nitrogens with one attached hydrogen (secondary N) is 2. The highest BCUT2D eigenvalue weighted by atomic mass is 16.2. The molecule has 1 amide bonds. The first-order valence-corrected chi connectivity index (χ1v) is 10.2. The number of hydrogen-bond acceptors (Lipinski definition) is 3. The summed E-state index contributed by atoms with van der Waals surface area (Å²) >= 11 is 0. The lowest BCUT2D eigenvalue weighted by molar-refractivity contribution is -0.139. The minimum atomic E-state index is 0.336. The van der Waals surface area contributed by atoms with Crippen LogP contribution in [0.4, 0.5) is 0 Å². The van der Waals surface area contributed by atoms with Crippen LogP contribution in [0.15, 0.2) is 4.99 Å². The maximum absolute atomic E-state index is 12.3. The van der Waals surface area contributed by atoms with Crippen molar-refractivity contribution >= 4 is 11.9 Å². The third-order valence-electron chi connectivity index (χ3n) is 6.03. The summed E-state index contributed by atoms with van der Waals surface area (Å²) in [7, 11) is 1.85. The number of rotatable bonds is 5. The number of piperazine rings is 1. The van der Waals surface area contributed by atoms with Gasteiger partial charge in [0.2, 0.25) is 5.91 Å². The Morgan fingerprint density at radius 2 is 1.72 bits per heavy atom. The van der Waals surface area contributed by atoms with Crippen LogP contribution in [0.25, 0.3) is 0 Å². The third kappa shape index (κ3) is 5.33. The van der Waals surface area contributed by atoms with E-state index < -0.39 is 0 Å². The molecule has 6 heteroatoms. The number of aliphatic imine (C=N–C) groups is 1. The molecule has 1 heterocycles. The average Bonchev–Trinajstić information content (AvgIpc) is 2.61. The smallest absolute Gasteiger partial charge is 0.225 e. The first kappa shape index (κ1) is 18.5. The summed E-state index contributed by atoms with van der Waals surface area (Å²) in [6.07, 6.45) is 10.0. The van der Waals surface area contributed by atoms with E-state index in [0.29, 0.717) is 17.9 Å². The molecule has 0 aromatic rings. The SMILES string of the molecule is CN=C(NCCN1CCN(C(=O)C2CCC2)CC1)NC1CCCCC1. The molecule has 3 rings (SSSR count). The number of carbonyl (C=O) groups excluding carboxylic acids is 1. The summed E-state index contributed by atoms with van der Waals surface area (Å²) in [4.78, 5) is 21.2. The van der Waals surface area contributed by atoms with Crippen LogP contribution in [0.3, 0.4) is 0 Å². The highest BCUT2D eigenvalue weighted by molar-refractivity contribution is 5.80. The second-order valence-corrected chi connectivity index (χ2v) is 7.77. The Morgan fingerprint density at radius 1 is 1.00 bits per heavy atom.